The van der Waals surface area contributed by atoms with Gasteiger partial charge >= 0.3 is 20.2 Å². The molecule has 2 aromatic heterocycles. The van der Waals surface area contributed by atoms with Gasteiger partial charge < -0.3 is 23.9 Å². The van der Waals surface area contributed by atoms with Crippen LogP contribution >= 0.6 is 34.3 Å². The molecule has 6 aliphatic rings. The molecule has 396 valence electrons. The highest BCUT2D eigenvalue weighted by Gasteiger charge is 2.58. The Morgan fingerprint density at radius 2 is 1.07 bits per heavy atom. The van der Waals surface area contributed by atoms with Gasteiger partial charge in [-0.3, -0.25) is 9.59 Å². The van der Waals surface area contributed by atoms with Crippen LogP contribution in [0.5, 0.6) is 11.5 Å². The molecule has 11 nitrogen and oxygen atoms in total. The molecule has 0 aliphatic heterocycles. The maximum atomic E-state index is 13.4. The number of thiophene rings is 2. The summed E-state index contributed by atoms with van der Waals surface area (Å²) < 4.78 is 61.8. The second kappa shape index (κ2) is 22.5. The van der Waals surface area contributed by atoms with Crippen LogP contribution in [0.15, 0.2) is 148 Å². The first-order valence-electron chi connectivity index (χ1n) is 25.6. The third-order valence-electron chi connectivity index (χ3n) is 17.0. The van der Waals surface area contributed by atoms with Crippen molar-refractivity contribution in [3.63, 3.8) is 0 Å². The molecule has 6 aliphatic carbocycles. The molecule has 1 amide bonds. The minimum atomic E-state index is -3.97. The normalized spacial score (nSPS) is 24.0. The summed E-state index contributed by atoms with van der Waals surface area (Å²) in [5.41, 5.74) is 3.05. The molecular weight excluding hydrogens is 1050 g/mol. The molecule has 75 heavy (non-hydrogen) atoms. The van der Waals surface area contributed by atoms with Gasteiger partial charge in [0.05, 0.1) is 11.1 Å². The zero-order valence-corrected chi connectivity index (χ0v) is 46.5. The summed E-state index contributed by atoms with van der Waals surface area (Å²) in [6.07, 6.45) is 7.78. The number of nitrogens with one attached hydrogen (secondary N) is 1. The molecule has 0 unspecified atom stereocenters. The number of aliphatic hydroxyl groups is 2. The lowest BCUT2D eigenvalue weighted by molar-refractivity contribution is -0.137. The molecule has 16 heteroatoms. The summed E-state index contributed by atoms with van der Waals surface area (Å²) in [7, 11) is -7.88. The van der Waals surface area contributed by atoms with Crippen LogP contribution in [-0.2, 0) is 26.7 Å². The lowest BCUT2D eigenvalue weighted by Gasteiger charge is -2.63. The van der Waals surface area contributed by atoms with E-state index in [2.05, 4.69) is 63.3 Å². The smallest absolute Gasteiger partial charge is 0.339 e. The summed E-state index contributed by atoms with van der Waals surface area (Å²) in [6, 6.07) is 36.5. The van der Waals surface area contributed by atoms with Crippen molar-refractivity contribution in [1.82, 2.24) is 5.32 Å². The quantitative estimate of drug-likeness (QED) is 0.0662. The Bertz CT molecular complexity index is 3360. The summed E-state index contributed by atoms with van der Waals surface area (Å²) in [5.74, 6) is 4.73. The predicted molar refractivity (Wildman–Crippen MR) is 298 cm³/mol. The van der Waals surface area contributed by atoms with Gasteiger partial charge in [-0.05, 0) is 175 Å². The molecule has 0 radical (unpaired) electrons. The van der Waals surface area contributed by atoms with E-state index >= 15 is 0 Å². The monoisotopic (exact) mass is 1110 g/mol. The molecule has 13 rings (SSSR count). The lowest BCUT2D eigenvalue weighted by atomic mass is 9.42. The molecule has 4 bridgehead atoms. The van der Waals surface area contributed by atoms with Gasteiger partial charge in [-0.2, -0.15) is 16.8 Å². The topological polar surface area (TPSA) is 173 Å². The Morgan fingerprint density at radius 3 is 1.56 bits per heavy atom. The summed E-state index contributed by atoms with van der Waals surface area (Å²) in [6.45, 7) is 9.94. The number of fused-ring (bicyclic) bond motifs is 6. The third-order valence-corrected chi connectivity index (χ3v) is 21.6. The minimum absolute atomic E-state index is 0.0208. The van der Waals surface area contributed by atoms with Crippen LogP contribution in [0.3, 0.4) is 0 Å². The maximum absolute atomic E-state index is 13.4. The van der Waals surface area contributed by atoms with Crippen LogP contribution in [0.25, 0.3) is 20.2 Å². The number of amides is 1. The van der Waals surface area contributed by atoms with E-state index in [-0.39, 0.29) is 51.2 Å². The fourth-order valence-electron chi connectivity index (χ4n) is 12.5. The highest BCUT2D eigenvalue weighted by Crippen LogP contribution is 2.64. The Balaban J connectivity index is 0.000000146. The first-order valence-corrected chi connectivity index (χ1v) is 30.5. The molecule has 7 aromatic rings. The van der Waals surface area contributed by atoms with E-state index in [4.69, 9.17) is 20.0 Å². The lowest BCUT2D eigenvalue weighted by Crippen LogP contribution is -2.63. The summed E-state index contributed by atoms with van der Waals surface area (Å²) in [5, 5.41) is 26.3. The molecular formula is C59H64ClNO10S4. The van der Waals surface area contributed by atoms with Crippen LogP contribution in [0.1, 0.15) is 92.5 Å². The number of carbonyl (C=O) groups is 2. The fourth-order valence-corrected chi connectivity index (χ4v) is 16.5. The van der Waals surface area contributed by atoms with Gasteiger partial charge in [0.15, 0.2) is 0 Å². The second-order valence-electron chi connectivity index (χ2n) is 21.7. The first-order chi connectivity index (χ1) is 35.8. The molecule has 5 aromatic carbocycles. The van der Waals surface area contributed by atoms with Crippen molar-refractivity contribution in [1.29, 1.82) is 0 Å². The Kier molecular flexibility index (Phi) is 16.4. The SMILES string of the molecule is CC1(C)[C@H]2C[C@H](CCO)[C@@H](Cc3ccccc3)[C@@H]1C2.CC1(C)[C@H]2C[C@H](CCO)[C@@H](NC(=O)c3csc4ccc(OS(=O)(=O)c5ccccc5)cc34)[C@@H]1C2.O=C(Cl)c1csc2ccc(OS(=O)(=O)c3ccccc3)cc12. The molecule has 3 N–H and O–H groups in total. The van der Waals surface area contributed by atoms with Gasteiger partial charge in [0.2, 0.25) is 0 Å². The minimum Gasteiger partial charge on any atom is -0.396 e. The van der Waals surface area contributed by atoms with Crippen molar-refractivity contribution in [2.75, 3.05) is 13.2 Å². The van der Waals surface area contributed by atoms with Crippen LogP contribution < -0.4 is 13.7 Å². The fraction of sp³-hybridized carbons (Fsp3) is 0.390. The van der Waals surface area contributed by atoms with Gasteiger partial charge in [-0.1, -0.05) is 94.4 Å². The van der Waals surface area contributed by atoms with Crippen LogP contribution in [0.2, 0.25) is 0 Å². The first kappa shape index (κ1) is 54.7. The summed E-state index contributed by atoms with van der Waals surface area (Å²) in [4.78, 5) is 24.9. The average molecular weight is 1110 g/mol. The van der Waals surface area contributed by atoms with E-state index in [9.17, 15) is 36.6 Å². The van der Waals surface area contributed by atoms with Crippen molar-refractivity contribution in [3.8, 4) is 11.5 Å². The summed E-state index contributed by atoms with van der Waals surface area (Å²) >= 11 is 8.31. The Morgan fingerprint density at radius 1 is 0.613 bits per heavy atom. The van der Waals surface area contributed by atoms with Crippen molar-refractivity contribution in [2.45, 2.75) is 88.5 Å². The van der Waals surface area contributed by atoms with Crippen LogP contribution in [0.4, 0.5) is 0 Å². The van der Waals surface area contributed by atoms with Crippen molar-refractivity contribution < 1.29 is 45.0 Å². The molecule has 8 atom stereocenters. The van der Waals surface area contributed by atoms with Crippen molar-refractivity contribution in [3.05, 3.63) is 155 Å². The zero-order valence-electron chi connectivity index (χ0n) is 42.4. The number of carbonyl (C=O) groups excluding carboxylic acids is 2. The van der Waals surface area contributed by atoms with Crippen LogP contribution in [-0.4, -0.2) is 57.5 Å². The second-order valence-corrected chi connectivity index (χ2v) is 26.9. The molecule has 0 spiro atoms. The maximum Gasteiger partial charge on any atom is 0.339 e. The van der Waals surface area contributed by atoms with Crippen molar-refractivity contribution >= 4 is 85.8 Å². The van der Waals surface area contributed by atoms with Gasteiger partial charge in [0, 0.05) is 50.2 Å². The number of rotatable bonds is 15. The number of hydrogen-bond donors (Lipinski definition) is 3. The number of benzene rings is 5. The number of aliphatic hydroxyl groups excluding tert-OH is 2. The van der Waals surface area contributed by atoms with E-state index in [1.807, 2.05) is 5.38 Å². The molecule has 2 heterocycles. The third kappa shape index (κ3) is 11.6. The highest BCUT2D eigenvalue weighted by atomic mass is 35.5. The molecule has 6 saturated carbocycles. The number of hydrogen-bond acceptors (Lipinski definition) is 12. The zero-order chi connectivity index (χ0) is 53.3. The van der Waals surface area contributed by atoms with Crippen LogP contribution in [0, 0.1) is 52.3 Å². The van der Waals surface area contributed by atoms with E-state index in [1.54, 1.807) is 72.1 Å². The van der Waals surface area contributed by atoms with Gasteiger partial charge in [0.1, 0.15) is 21.3 Å². The highest BCUT2D eigenvalue weighted by molar-refractivity contribution is 7.87. The largest absolute Gasteiger partial charge is 0.396 e. The van der Waals surface area contributed by atoms with Gasteiger partial charge in [-0.15, -0.1) is 22.7 Å². The van der Waals surface area contributed by atoms with Gasteiger partial charge in [0.25, 0.3) is 11.1 Å². The molecule has 6 fully saturated rings. The van der Waals surface area contributed by atoms with E-state index < -0.39 is 25.5 Å². The Labute approximate surface area is 453 Å². The van der Waals surface area contributed by atoms with Crippen molar-refractivity contribution in [2.24, 2.45) is 52.3 Å². The van der Waals surface area contributed by atoms with E-state index in [0.29, 0.717) is 52.2 Å². The Hall–Kier alpha value is -5.13. The van der Waals surface area contributed by atoms with E-state index in [0.717, 1.165) is 52.3 Å². The predicted octanol–water partition coefficient (Wildman–Crippen LogP) is 12.8. The average Bonchev–Trinajstić information content (AvgIpc) is 4.03. The molecule has 0 saturated heterocycles. The van der Waals surface area contributed by atoms with Gasteiger partial charge in [-0.25, -0.2) is 0 Å². The van der Waals surface area contributed by atoms with E-state index in [1.165, 1.54) is 77.8 Å². The number of halogens is 1. The standard InChI is InChI=1S/C26H29NO5S2.C18H26O.C15H9ClO4S2/c1-26(2)17-12-16(10-11-28)24(22(26)13-17)27-25(29)21-15-33-23-9-8-18(14-20(21)23)32-34(30,31)19-6-4-3-5-7-19;1-18(2)15-11-14(8-9-19)16(17(18)12-15)10-13-6-4-3-5-7-13;16-15(17)13-9-21-14-7-6-10(8-12(13)14)20-22(18,19)11-4-2-1-3-5-11/h3-9,14-17,22,24,28H,10-13H2,1-2H3,(H,27,29);3-7,14-17,19H,8-12H2,1-2H3;1-9H/t16-,17-,22-,24+;14-,15-,16+,17-;/m00./s1.